The lowest BCUT2D eigenvalue weighted by Crippen LogP contribution is -2.49. The number of benzene rings is 2. The summed E-state index contributed by atoms with van der Waals surface area (Å²) in [6, 6.07) is 6.53. The third kappa shape index (κ3) is 4.39. The molecule has 198 valence electrons. The molecular weight excluding hydrogens is 530 g/mol. The zero-order valence-electron chi connectivity index (χ0n) is 21.1. The highest BCUT2D eigenvalue weighted by molar-refractivity contribution is 8.02. The highest BCUT2D eigenvalue weighted by atomic mass is 35.5. The summed E-state index contributed by atoms with van der Waals surface area (Å²) in [5, 5.41) is 5.42. The van der Waals surface area contributed by atoms with Crippen LogP contribution in [0.15, 0.2) is 30.5 Å². The van der Waals surface area contributed by atoms with Gasteiger partial charge in [-0.1, -0.05) is 13.0 Å². The van der Waals surface area contributed by atoms with Gasteiger partial charge in [-0.15, -0.1) is 11.8 Å². The van der Waals surface area contributed by atoms with Crippen LogP contribution in [-0.2, 0) is 11.2 Å². The van der Waals surface area contributed by atoms with Gasteiger partial charge in [0.05, 0.1) is 5.69 Å². The molecule has 6 rings (SSSR count). The highest BCUT2D eigenvalue weighted by Crippen LogP contribution is 2.59. The standard InChI is InChI=1S/C28H27ClF2N4O2S/c1-3-17-20(30)6-5-15-9-16(37-14-36-2)10-18(22(15)17)25-23(31)26-19(12-33-25)24(34-27(29)35-26)21-11-28(38-21)7-4-8-32-13-28/h5-6,9-10,12,21,32H,3-4,7-8,11,13-14H2,1-2H3. The van der Waals surface area contributed by atoms with Crippen molar-refractivity contribution in [1.29, 1.82) is 0 Å². The number of pyridine rings is 1. The van der Waals surface area contributed by atoms with E-state index < -0.39 is 5.82 Å². The monoisotopic (exact) mass is 556 g/mol. The summed E-state index contributed by atoms with van der Waals surface area (Å²) in [5.74, 6) is -0.514. The van der Waals surface area contributed by atoms with Crippen molar-refractivity contribution in [2.75, 3.05) is 27.0 Å². The summed E-state index contributed by atoms with van der Waals surface area (Å²) in [6.45, 7) is 3.89. The van der Waals surface area contributed by atoms with Crippen molar-refractivity contribution < 1.29 is 18.3 Å². The van der Waals surface area contributed by atoms with Gasteiger partial charge in [-0.05, 0) is 78.4 Å². The summed E-state index contributed by atoms with van der Waals surface area (Å²) in [4.78, 5) is 13.3. The second-order valence-corrected chi connectivity index (χ2v) is 11.8. The summed E-state index contributed by atoms with van der Waals surface area (Å²) in [6.07, 6.45) is 5.28. The van der Waals surface area contributed by atoms with Crippen molar-refractivity contribution in [2.24, 2.45) is 0 Å². The molecule has 6 nitrogen and oxygen atoms in total. The van der Waals surface area contributed by atoms with Crippen LogP contribution in [0.3, 0.4) is 0 Å². The van der Waals surface area contributed by atoms with E-state index in [1.165, 1.54) is 13.2 Å². The van der Waals surface area contributed by atoms with Gasteiger partial charge in [-0.25, -0.2) is 18.7 Å². The number of methoxy groups -OCH3 is 1. The molecule has 0 radical (unpaired) electrons. The summed E-state index contributed by atoms with van der Waals surface area (Å²) >= 11 is 8.19. The minimum absolute atomic E-state index is 0.00537. The number of ether oxygens (including phenoxy) is 2. The Morgan fingerprint density at radius 3 is 2.82 bits per heavy atom. The first-order chi connectivity index (χ1) is 18.4. The Kier molecular flexibility index (Phi) is 6.88. The molecule has 2 atom stereocenters. The molecule has 2 saturated heterocycles. The number of piperidine rings is 1. The van der Waals surface area contributed by atoms with Gasteiger partial charge in [0, 0.05) is 40.8 Å². The molecule has 1 spiro atoms. The number of nitrogens with zero attached hydrogens (tertiary/aromatic N) is 3. The van der Waals surface area contributed by atoms with Crippen molar-refractivity contribution in [3.63, 3.8) is 0 Å². The maximum absolute atomic E-state index is 16.3. The minimum atomic E-state index is -0.622. The number of halogens is 3. The molecule has 2 aliphatic heterocycles. The number of aryl methyl sites for hydroxylation is 1. The molecule has 0 amide bonds. The Bertz CT molecular complexity index is 1540. The average Bonchev–Trinajstić information content (AvgIpc) is 2.91. The second-order valence-electron chi connectivity index (χ2n) is 9.83. The predicted octanol–water partition coefficient (Wildman–Crippen LogP) is 6.62. The minimum Gasteiger partial charge on any atom is -0.468 e. The smallest absolute Gasteiger partial charge is 0.223 e. The van der Waals surface area contributed by atoms with Crippen LogP contribution in [0.4, 0.5) is 8.78 Å². The van der Waals surface area contributed by atoms with Crippen molar-refractivity contribution >= 4 is 45.0 Å². The van der Waals surface area contributed by atoms with Gasteiger partial charge in [0.15, 0.2) is 12.6 Å². The molecule has 2 aliphatic rings. The Hall–Kier alpha value is -2.59. The molecule has 38 heavy (non-hydrogen) atoms. The van der Waals surface area contributed by atoms with E-state index in [0.29, 0.717) is 45.1 Å². The number of hydrogen-bond donors (Lipinski definition) is 1. The zero-order valence-corrected chi connectivity index (χ0v) is 22.7. The fourth-order valence-electron chi connectivity index (χ4n) is 5.71. The van der Waals surface area contributed by atoms with E-state index in [2.05, 4.69) is 20.3 Å². The number of fused-ring (bicyclic) bond motifs is 2. The third-order valence-corrected chi connectivity index (χ3v) is 9.33. The van der Waals surface area contributed by atoms with Crippen molar-refractivity contribution in [1.82, 2.24) is 20.3 Å². The molecule has 0 bridgehead atoms. The first-order valence-corrected chi connectivity index (χ1v) is 14.0. The largest absolute Gasteiger partial charge is 0.468 e. The van der Waals surface area contributed by atoms with E-state index in [4.69, 9.17) is 21.1 Å². The molecule has 0 aliphatic carbocycles. The number of nitrogens with one attached hydrogen (secondary N) is 1. The first-order valence-electron chi connectivity index (χ1n) is 12.7. The van der Waals surface area contributed by atoms with Crippen LogP contribution in [0.5, 0.6) is 5.75 Å². The van der Waals surface area contributed by atoms with Crippen LogP contribution >= 0.6 is 23.4 Å². The molecule has 0 saturated carbocycles. The molecular formula is C28H27ClF2N4O2S. The molecule has 4 aromatic rings. The number of aromatic nitrogens is 3. The molecule has 4 heterocycles. The lowest BCUT2D eigenvalue weighted by Gasteiger charge is -2.49. The fourth-order valence-corrected chi connectivity index (χ4v) is 7.60. The number of rotatable bonds is 6. The van der Waals surface area contributed by atoms with Gasteiger partial charge in [-0.3, -0.25) is 4.98 Å². The van der Waals surface area contributed by atoms with Crippen LogP contribution in [-0.4, -0.2) is 46.7 Å². The van der Waals surface area contributed by atoms with Gasteiger partial charge in [-0.2, -0.15) is 0 Å². The van der Waals surface area contributed by atoms with E-state index in [-0.39, 0.29) is 39.1 Å². The predicted molar refractivity (Wildman–Crippen MR) is 147 cm³/mol. The van der Waals surface area contributed by atoms with Gasteiger partial charge < -0.3 is 14.8 Å². The molecule has 10 heteroatoms. The van der Waals surface area contributed by atoms with E-state index in [0.717, 1.165) is 32.4 Å². The van der Waals surface area contributed by atoms with Gasteiger partial charge >= 0.3 is 0 Å². The Balaban J connectivity index is 1.50. The van der Waals surface area contributed by atoms with E-state index >= 15 is 4.39 Å². The zero-order chi connectivity index (χ0) is 26.4. The van der Waals surface area contributed by atoms with Crippen LogP contribution in [0.1, 0.15) is 42.7 Å². The van der Waals surface area contributed by atoms with Crippen molar-refractivity contribution in [2.45, 2.75) is 42.6 Å². The number of thioether (sulfide) groups is 1. The van der Waals surface area contributed by atoms with Gasteiger partial charge in [0.2, 0.25) is 5.28 Å². The second kappa shape index (κ2) is 10.2. The number of hydrogen-bond acceptors (Lipinski definition) is 7. The Morgan fingerprint density at radius 1 is 1.24 bits per heavy atom. The summed E-state index contributed by atoms with van der Waals surface area (Å²) in [5.41, 5.74) is 1.78. The average molecular weight is 557 g/mol. The fraction of sp³-hybridized carbons (Fsp3) is 0.393. The normalized spacial score (nSPS) is 21.2. The van der Waals surface area contributed by atoms with Gasteiger partial charge in [0.25, 0.3) is 0 Å². The lowest BCUT2D eigenvalue weighted by molar-refractivity contribution is 0.0512. The molecule has 2 unspecified atom stereocenters. The molecule has 2 fully saturated rings. The van der Waals surface area contributed by atoms with Crippen molar-refractivity contribution in [3.8, 4) is 17.0 Å². The molecule has 1 N–H and O–H groups in total. The van der Waals surface area contributed by atoms with Crippen LogP contribution in [0, 0.1) is 11.6 Å². The molecule has 2 aromatic carbocycles. The van der Waals surface area contributed by atoms with E-state index in [1.54, 1.807) is 24.4 Å². The topological polar surface area (TPSA) is 69.2 Å². The van der Waals surface area contributed by atoms with Crippen LogP contribution in [0.25, 0.3) is 32.9 Å². The van der Waals surface area contributed by atoms with Gasteiger partial charge in [0.1, 0.15) is 22.8 Å². The third-order valence-electron chi connectivity index (χ3n) is 7.47. The van der Waals surface area contributed by atoms with Crippen LogP contribution in [0.2, 0.25) is 5.28 Å². The summed E-state index contributed by atoms with van der Waals surface area (Å²) < 4.78 is 42.1. The Labute approximate surface area is 228 Å². The lowest BCUT2D eigenvalue weighted by atomic mass is 9.90. The quantitative estimate of drug-likeness (QED) is 0.211. The van der Waals surface area contributed by atoms with E-state index in [9.17, 15) is 4.39 Å². The maximum Gasteiger partial charge on any atom is 0.223 e. The van der Waals surface area contributed by atoms with Crippen LogP contribution < -0.4 is 10.1 Å². The molecule has 2 aromatic heterocycles. The maximum atomic E-state index is 16.3. The summed E-state index contributed by atoms with van der Waals surface area (Å²) in [7, 11) is 1.52. The van der Waals surface area contributed by atoms with Crippen molar-refractivity contribution in [3.05, 3.63) is 58.6 Å². The Morgan fingerprint density at radius 2 is 2.08 bits per heavy atom. The van der Waals surface area contributed by atoms with E-state index in [1.807, 2.05) is 18.7 Å². The first kappa shape index (κ1) is 25.7. The highest BCUT2D eigenvalue weighted by Gasteiger charge is 2.47. The SMILES string of the molecule is CCc1c(F)ccc2cc(OCOC)cc(-c3ncc4c(C5CC6(CCCNC6)S5)nc(Cl)nc4c3F)c12.